The lowest BCUT2D eigenvalue weighted by molar-refractivity contribution is -0.0216. The van der Waals surface area contributed by atoms with E-state index in [2.05, 4.69) is 0 Å². The van der Waals surface area contributed by atoms with Crippen molar-refractivity contribution in [3.05, 3.63) is 0 Å². The van der Waals surface area contributed by atoms with Crippen LogP contribution in [0.1, 0.15) is 70.6 Å². The normalized spacial score (nSPS) is 25.2. The van der Waals surface area contributed by atoms with Gasteiger partial charge in [-0.25, -0.2) is 8.42 Å². The van der Waals surface area contributed by atoms with Gasteiger partial charge in [-0.05, 0) is 25.7 Å². The number of rotatable bonds is 5. The fourth-order valence-corrected chi connectivity index (χ4v) is 5.50. The van der Waals surface area contributed by atoms with Crippen LogP contribution >= 0.6 is 10.7 Å². The summed E-state index contributed by atoms with van der Waals surface area (Å²) in [5.41, 5.74) is -0.231. The first-order valence-corrected chi connectivity index (χ1v) is 10.5. The summed E-state index contributed by atoms with van der Waals surface area (Å²) >= 11 is 0. The summed E-state index contributed by atoms with van der Waals surface area (Å²) in [4.78, 5) is 0. The fourth-order valence-electron chi connectivity index (χ4n) is 3.70. The minimum atomic E-state index is -3.45. The molecular formula is C15H27ClO3S. The van der Waals surface area contributed by atoms with Crippen LogP contribution < -0.4 is 0 Å². The van der Waals surface area contributed by atoms with Crippen LogP contribution in [0.4, 0.5) is 0 Å². The van der Waals surface area contributed by atoms with Gasteiger partial charge in [0.2, 0.25) is 9.05 Å². The summed E-state index contributed by atoms with van der Waals surface area (Å²) in [5.74, 6) is 0.0777. The standard InChI is InChI=1S/C15H27ClO3S/c16-20(17,18)13-15(10-6-3-7-11-15)12-19-14-8-4-1-2-5-9-14/h14H,1-13H2. The van der Waals surface area contributed by atoms with Gasteiger partial charge in [0.25, 0.3) is 0 Å². The van der Waals surface area contributed by atoms with E-state index in [-0.39, 0.29) is 11.2 Å². The largest absolute Gasteiger partial charge is 0.378 e. The van der Waals surface area contributed by atoms with Gasteiger partial charge in [-0.3, -0.25) is 0 Å². The highest BCUT2D eigenvalue weighted by molar-refractivity contribution is 8.13. The van der Waals surface area contributed by atoms with Crippen LogP contribution in [0.5, 0.6) is 0 Å². The number of hydrogen-bond acceptors (Lipinski definition) is 3. The summed E-state index contributed by atoms with van der Waals surface area (Å²) in [6.45, 7) is 0.573. The van der Waals surface area contributed by atoms with E-state index in [1.807, 2.05) is 0 Å². The molecule has 0 aliphatic heterocycles. The molecule has 0 spiro atoms. The number of ether oxygens (including phenoxy) is 1. The lowest BCUT2D eigenvalue weighted by atomic mass is 9.76. The Morgan fingerprint density at radius 1 is 0.950 bits per heavy atom. The third-order valence-corrected chi connectivity index (χ3v) is 6.10. The second-order valence-electron chi connectivity index (χ2n) is 6.67. The Morgan fingerprint density at radius 2 is 1.50 bits per heavy atom. The van der Waals surface area contributed by atoms with E-state index in [1.165, 1.54) is 32.1 Å². The van der Waals surface area contributed by atoms with Gasteiger partial charge in [-0.1, -0.05) is 44.9 Å². The van der Waals surface area contributed by atoms with Gasteiger partial charge in [0.15, 0.2) is 0 Å². The van der Waals surface area contributed by atoms with Crippen molar-refractivity contribution in [1.82, 2.24) is 0 Å². The average Bonchev–Trinajstić information content (AvgIpc) is 2.64. The molecule has 2 fully saturated rings. The van der Waals surface area contributed by atoms with Crippen molar-refractivity contribution in [1.29, 1.82) is 0 Å². The molecule has 0 amide bonds. The van der Waals surface area contributed by atoms with E-state index in [0.717, 1.165) is 38.5 Å². The molecule has 2 aliphatic carbocycles. The molecule has 118 valence electrons. The number of halogens is 1. The monoisotopic (exact) mass is 322 g/mol. The lowest BCUT2D eigenvalue weighted by Crippen LogP contribution is -2.37. The Labute approximate surface area is 127 Å². The van der Waals surface area contributed by atoms with Gasteiger partial charge >= 0.3 is 0 Å². The Hall–Kier alpha value is 0.200. The summed E-state index contributed by atoms with van der Waals surface area (Å²) < 4.78 is 29.2. The molecule has 2 saturated carbocycles. The highest BCUT2D eigenvalue weighted by Crippen LogP contribution is 2.39. The third kappa shape index (κ3) is 5.53. The number of hydrogen-bond donors (Lipinski definition) is 0. The molecule has 0 radical (unpaired) electrons. The van der Waals surface area contributed by atoms with Gasteiger partial charge in [-0.2, -0.15) is 0 Å². The fraction of sp³-hybridized carbons (Fsp3) is 1.00. The zero-order chi connectivity index (χ0) is 14.5. The van der Waals surface area contributed by atoms with Gasteiger partial charge < -0.3 is 4.74 Å². The SMILES string of the molecule is O=S(=O)(Cl)CC1(COC2CCCCCC2)CCCCC1. The lowest BCUT2D eigenvalue weighted by Gasteiger charge is -2.37. The second kappa shape index (κ2) is 7.46. The molecule has 2 rings (SSSR count). The first-order chi connectivity index (χ1) is 9.49. The predicted octanol–water partition coefficient (Wildman–Crippen LogP) is 4.24. The van der Waals surface area contributed by atoms with Crippen molar-refractivity contribution in [2.75, 3.05) is 12.4 Å². The minimum Gasteiger partial charge on any atom is -0.378 e. The predicted molar refractivity (Wildman–Crippen MR) is 82.6 cm³/mol. The zero-order valence-corrected chi connectivity index (χ0v) is 13.9. The summed E-state index contributed by atoms with van der Waals surface area (Å²) in [7, 11) is 2.07. The van der Waals surface area contributed by atoms with Gasteiger partial charge in [-0.15, -0.1) is 0 Å². The maximum atomic E-state index is 11.5. The molecule has 0 atom stereocenters. The van der Waals surface area contributed by atoms with E-state index >= 15 is 0 Å². The van der Waals surface area contributed by atoms with Crippen molar-refractivity contribution >= 4 is 19.7 Å². The van der Waals surface area contributed by atoms with Crippen molar-refractivity contribution in [2.45, 2.75) is 76.7 Å². The average molecular weight is 323 g/mol. The van der Waals surface area contributed by atoms with Crippen LogP contribution in [-0.2, 0) is 13.8 Å². The maximum absolute atomic E-state index is 11.5. The summed E-state index contributed by atoms with van der Waals surface area (Å²) in [5, 5.41) is 0. The van der Waals surface area contributed by atoms with Crippen molar-refractivity contribution in [2.24, 2.45) is 5.41 Å². The van der Waals surface area contributed by atoms with Crippen LogP contribution in [0.3, 0.4) is 0 Å². The van der Waals surface area contributed by atoms with E-state index in [9.17, 15) is 8.42 Å². The Kier molecular flexibility index (Phi) is 6.18. The summed E-state index contributed by atoms with van der Waals surface area (Å²) in [6.07, 6.45) is 13.0. The third-order valence-electron chi connectivity index (χ3n) is 4.82. The minimum absolute atomic E-state index is 0.0777. The highest BCUT2D eigenvalue weighted by atomic mass is 35.7. The second-order valence-corrected chi connectivity index (χ2v) is 9.45. The maximum Gasteiger partial charge on any atom is 0.233 e. The molecule has 5 heteroatoms. The molecule has 0 aromatic rings. The molecule has 0 bridgehead atoms. The van der Waals surface area contributed by atoms with E-state index < -0.39 is 9.05 Å². The van der Waals surface area contributed by atoms with E-state index in [0.29, 0.717) is 12.7 Å². The van der Waals surface area contributed by atoms with Crippen molar-refractivity contribution < 1.29 is 13.2 Å². The molecule has 0 heterocycles. The molecule has 3 nitrogen and oxygen atoms in total. The molecule has 0 N–H and O–H groups in total. The van der Waals surface area contributed by atoms with Crippen LogP contribution in [0.2, 0.25) is 0 Å². The van der Waals surface area contributed by atoms with Crippen LogP contribution in [0.15, 0.2) is 0 Å². The summed E-state index contributed by atoms with van der Waals surface area (Å²) in [6, 6.07) is 0. The van der Waals surface area contributed by atoms with Crippen molar-refractivity contribution in [3.8, 4) is 0 Å². The molecule has 0 saturated heterocycles. The van der Waals surface area contributed by atoms with E-state index in [4.69, 9.17) is 15.4 Å². The Balaban J connectivity index is 1.93. The van der Waals surface area contributed by atoms with Crippen LogP contribution in [0.25, 0.3) is 0 Å². The van der Waals surface area contributed by atoms with Gasteiger partial charge in [0.1, 0.15) is 0 Å². The highest BCUT2D eigenvalue weighted by Gasteiger charge is 2.37. The smallest absolute Gasteiger partial charge is 0.233 e. The van der Waals surface area contributed by atoms with Crippen LogP contribution in [0, 0.1) is 5.41 Å². The Bertz CT molecular complexity index is 380. The molecule has 0 aromatic carbocycles. The molecule has 0 unspecified atom stereocenters. The van der Waals surface area contributed by atoms with E-state index in [1.54, 1.807) is 0 Å². The first kappa shape index (κ1) is 16.6. The van der Waals surface area contributed by atoms with Crippen LogP contribution in [-0.4, -0.2) is 26.9 Å². The van der Waals surface area contributed by atoms with Gasteiger partial charge in [0.05, 0.1) is 18.5 Å². The Morgan fingerprint density at radius 3 is 2.05 bits per heavy atom. The van der Waals surface area contributed by atoms with Gasteiger partial charge in [0, 0.05) is 16.1 Å². The zero-order valence-electron chi connectivity index (χ0n) is 12.3. The molecule has 2 aliphatic rings. The quantitative estimate of drug-likeness (QED) is 0.561. The molecule has 0 aromatic heterocycles. The molecule has 20 heavy (non-hydrogen) atoms. The van der Waals surface area contributed by atoms with Crippen molar-refractivity contribution in [3.63, 3.8) is 0 Å². The molecular weight excluding hydrogens is 296 g/mol. The topological polar surface area (TPSA) is 43.4 Å². The first-order valence-electron chi connectivity index (χ1n) is 8.03.